The van der Waals surface area contributed by atoms with Crippen LogP contribution in [-0.4, -0.2) is 12.5 Å². The van der Waals surface area contributed by atoms with E-state index in [2.05, 4.69) is 5.32 Å². The van der Waals surface area contributed by atoms with E-state index in [0.29, 0.717) is 22.5 Å². The van der Waals surface area contributed by atoms with Gasteiger partial charge in [-0.15, -0.1) is 0 Å². The van der Waals surface area contributed by atoms with Gasteiger partial charge in [0, 0.05) is 11.8 Å². The lowest BCUT2D eigenvalue weighted by Crippen LogP contribution is -2.20. The maximum absolute atomic E-state index is 12.9. The second-order valence-corrected chi connectivity index (χ2v) is 8.11. The number of aryl methyl sites for hydroxylation is 4. The summed E-state index contributed by atoms with van der Waals surface area (Å²) in [6.07, 6.45) is 1.30. The molecule has 0 aliphatic rings. The first kappa shape index (κ1) is 22.1. The molecule has 0 aliphatic carbocycles. The number of nitrogens with one attached hydrogen (secondary N) is 1. The summed E-state index contributed by atoms with van der Waals surface area (Å²) in [6, 6.07) is 16.5. The predicted octanol–water partition coefficient (Wildman–Crippen LogP) is 5.84. The van der Waals surface area contributed by atoms with E-state index in [9.17, 15) is 9.59 Å². The molecule has 0 bridgehead atoms. The van der Waals surface area contributed by atoms with Crippen molar-refractivity contribution in [2.75, 3.05) is 11.9 Å². The third-order valence-corrected chi connectivity index (χ3v) is 5.32. The SMILES string of the molecule is Cc1ccc(C)c(NC(=O)COc2ccc3c(=O)c(Oc4cc(C)ccc4C)coc3c2)c1. The van der Waals surface area contributed by atoms with E-state index in [1.165, 1.54) is 6.26 Å². The predicted molar refractivity (Wildman–Crippen MR) is 129 cm³/mol. The Hall–Kier alpha value is -4.06. The minimum atomic E-state index is -0.281. The van der Waals surface area contributed by atoms with Crippen molar-refractivity contribution in [1.29, 1.82) is 0 Å². The van der Waals surface area contributed by atoms with Crippen LogP contribution >= 0.6 is 0 Å². The van der Waals surface area contributed by atoms with Gasteiger partial charge in [0.2, 0.25) is 11.2 Å². The van der Waals surface area contributed by atoms with E-state index in [1.54, 1.807) is 18.2 Å². The highest BCUT2D eigenvalue weighted by Crippen LogP contribution is 2.27. The van der Waals surface area contributed by atoms with E-state index < -0.39 is 0 Å². The largest absolute Gasteiger partial charge is 0.484 e. The van der Waals surface area contributed by atoms with E-state index in [0.717, 1.165) is 27.9 Å². The Balaban J connectivity index is 1.48. The lowest BCUT2D eigenvalue weighted by Gasteiger charge is -2.11. The topological polar surface area (TPSA) is 77.8 Å². The highest BCUT2D eigenvalue weighted by Gasteiger charge is 2.12. The molecular formula is C27H25NO5. The quantitative estimate of drug-likeness (QED) is 0.405. The normalized spacial score (nSPS) is 10.8. The van der Waals surface area contributed by atoms with Crippen molar-refractivity contribution in [3.8, 4) is 17.2 Å². The number of carbonyl (C=O) groups is 1. The molecule has 6 nitrogen and oxygen atoms in total. The van der Waals surface area contributed by atoms with Gasteiger partial charge in [0.15, 0.2) is 6.61 Å². The molecule has 4 rings (SSSR count). The summed E-state index contributed by atoms with van der Waals surface area (Å²) < 4.78 is 17.1. The number of benzene rings is 3. The Morgan fingerprint density at radius 3 is 2.39 bits per heavy atom. The molecule has 1 N–H and O–H groups in total. The third-order valence-electron chi connectivity index (χ3n) is 5.32. The van der Waals surface area contributed by atoms with Crippen LogP contribution in [0.1, 0.15) is 22.3 Å². The molecule has 33 heavy (non-hydrogen) atoms. The Bertz CT molecular complexity index is 1400. The number of anilines is 1. The van der Waals surface area contributed by atoms with Crippen LogP contribution in [0.2, 0.25) is 0 Å². The van der Waals surface area contributed by atoms with Crippen LogP contribution < -0.4 is 20.2 Å². The smallest absolute Gasteiger partial charge is 0.262 e. The van der Waals surface area contributed by atoms with Crippen molar-refractivity contribution in [1.82, 2.24) is 0 Å². The van der Waals surface area contributed by atoms with Crippen molar-refractivity contribution >= 4 is 22.6 Å². The molecular weight excluding hydrogens is 418 g/mol. The molecule has 0 aliphatic heterocycles. The van der Waals surface area contributed by atoms with Gasteiger partial charge < -0.3 is 19.2 Å². The molecule has 1 heterocycles. The summed E-state index contributed by atoms with van der Waals surface area (Å²) in [5, 5.41) is 3.22. The van der Waals surface area contributed by atoms with Gasteiger partial charge in [0.1, 0.15) is 23.3 Å². The zero-order valence-electron chi connectivity index (χ0n) is 19.0. The second-order valence-electron chi connectivity index (χ2n) is 8.11. The maximum atomic E-state index is 12.9. The number of hydrogen-bond donors (Lipinski definition) is 1. The molecule has 1 aromatic heterocycles. The first-order valence-electron chi connectivity index (χ1n) is 10.6. The molecule has 0 saturated heterocycles. The van der Waals surface area contributed by atoms with Gasteiger partial charge in [-0.05, 0) is 74.2 Å². The van der Waals surface area contributed by atoms with Gasteiger partial charge in [-0.25, -0.2) is 0 Å². The van der Waals surface area contributed by atoms with Crippen LogP contribution in [0.4, 0.5) is 5.69 Å². The lowest BCUT2D eigenvalue weighted by molar-refractivity contribution is -0.118. The van der Waals surface area contributed by atoms with E-state index >= 15 is 0 Å². The third kappa shape index (κ3) is 5.06. The van der Waals surface area contributed by atoms with Crippen LogP contribution in [0.25, 0.3) is 11.0 Å². The van der Waals surface area contributed by atoms with Gasteiger partial charge in [-0.2, -0.15) is 0 Å². The van der Waals surface area contributed by atoms with Crippen LogP contribution in [0.5, 0.6) is 17.2 Å². The first-order chi connectivity index (χ1) is 15.8. The Morgan fingerprint density at radius 1 is 0.879 bits per heavy atom. The van der Waals surface area contributed by atoms with E-state index in [1.807, 2.05) is 64.1 Å². The minimum Gasteiger partial charge on any atom is -0.484 e. The average Bonchev–Trinajstić information content (AvgIpc) is 2.79. The fourth-order valence-electron chi connectivity index (χ4n) is 3.39. The summed E-state index contributed by atoms with van der Waals surface area (Å²) >= 11 is 0. The molecule has 0 unspecified atom stereocenters. The molecule has 0 spiro atoms. The van der Waals surface area contributed by atoms with Gasteiger partial charge >= 0.3 is 0 Å². The van der Waals surface area contributed by atoms with Crippen LogP contribution in [0.15, 0.2) is 70.1 Å². The van der Waals surface area contributed by atoms with Gasteiger partial charge in [0.05, 0.1) is 5.39 Å². The minimum absolute atomic E-state index is 0.109. The number of rotatable bonds is 6. The summed E-state index contributed by atoms with van der Waals surface area (Å²) in [5.74, 6) is 0.863. The van der Waals surface area contributed by atoms with E-state index in [-0.39, 0.29) is 23.7 Å². The fourth-order valence-corrected chi connectivity index (χ4v) is 3.39. The Morgan fingerprint density at radius 2 is 1.61 bits per heavy atom. The summed E-state index contributed by atoms with van der Waals surface area (Å²) in [7, 11) is 0. The zero-order valence-corrected chi connectivity index (χ0v) is 19.0. The highest BCUT2D eigenvalue weighted by molar-refractivity contribution is 5.92. The second kappa shape index (κ2) is 9.20. The number of hydrogen-bond acceptors (Lipinski definition) is 5. The van der Waals surface area contributed by atoms with Crippen molar-refractivity contribution < 1.29 is 18.7 Å². The molecule has 1 amide bonds. The van der Waals surface area contributed by atoms with Gasteiger partial charge in [-0.3, -0.25) is 9.59 Å². The van der Waals surface area contributed by atoms with Crippen molar-refractivity contribution in [3.63, 3.8) is 0 Å². The summed E-state index contributed by atoms with van der Waals surface area (Å²) in [6.45, 7) is 7.60. The molecule has 3 aromatic carbocycles. The molecule has 0 fully saturated rings. The van der Waals surface area contributed by atoms with E-state index in [4.69, 9.17) is 13.9 Å². The average molecular weight is 443 g/mol. The summed E-state index contributed by atoms with van der Waals surface area (Å²) in [4.78, 5) is 25.2. The van der Waals surface area contributed by atoms with Crippen LogP contribution in [-0.2, 0) is 4.79 Å². The maximum Gasteiger partial charge on any atom is 0.262 e. The zero-order chi connectivity index (χ0) is 23.5. The monoisotopic (exact) mass is 443 g/mol. The standard InChI is InChI=1S/C27H25NO5/c1-16-5-7-18(3)22(11-16)28-26(29)15-31-20-9-10-21-24(13-20)32-14-25(27(21)30)33-23-12-17(2)6-8-19(23)4/h5-14H,15H2,1-4H3,(H,28,29). The highest BCUT2D eigenvalue weighted by atomic mass is 16.5. The number of fused-ring (bicyclic) bond motifs is 1. The summed E-state index contributed by atoms with van der Waals surface area (Å²) in [5.41, 5.74) is 4.80. The Labute approximate surface area is 191 Å². The fraction of sp³-hybridized carbons (Fsp3) is 0.185. The Kier molecular flexibility index (Phi) is 6.18. The molecule has 4 aromatic rings. The van der Waals surface area contributed by atoms with Crippen molar-refractivity contribution in [2.24, 2.45) is 0 Å². The molecule has 0 atom stereocenters. The van der Waals surface area contributed by atoms with Crippen LogP contribution in [0, 0.1) is 27.7 Å². The lowest BCUT2D eigenvalue weighted by atomic mass is 10.1. The van der Waals surface area contributed by atoms with Gasteiger partial charge in [0.25, 0.3) is 5.91 Å². The first-order valence-corrected chi connectivity index (χ1v) is 10.6. The van der Waals surface area contributed by atoms with Crippen molar-refractivity contribution in [3.05, 3.63) is 93.3 Å². The molecule has 0 saturated carbocycles. The van der Waals surface area contributed by atoms with Crippen LogP contribution in [0.3, 0.4) is 0 Å². The number of ether oxygens (including phenoxy) is 2. The molecule has 168 valence electrons. The number of amides is 1. The van der Waals surface area contributed by atoms with Gasteiger partial charge in [-0.1, -0.05) is 24.3 Å². The van der Waals surface area contributed by atoms with Crippen molar-refractivity contribution in [2.45, 2.75) is 27.7 Å². The molecule has 0 radical (unpaired) electrons. The molecule has 6 heteroatoms. The number of carbonyl (C=O) groups excluding carboxylic acids is 1.